The summed E-state index contributed by atoms with van der Waals surface area (Å²) in [7, 11) is 1.54. The van der Waals surface area contributed by atoms with E-state index in [2.05, 4.69) is 15.1 Å². The van der Waals surface area contributed by atoms with Crippen molar-refractivity contribution in [3.8, 4) is 28.6 Å². The molecule has 0 aliphatic rings. The topological polar surface area (TPSA) is 103 Å². The Kier molecular flexibility index (Phi) is 5.67. The van der Waals surface area contributed by atoms with Gasteiger partial charge < -0.3 is 14.2 Å². The van der Waals surface area contributed by atoms with E-state index in [1.807, 2.05) is 0 Å². The van der Waals surface area contributed by atoms with Gasteiger partial charge in [0.1, 0.15) is 5.75 Å². The number of ether oxygens (including phenoxy) is 1. The molecule has 0 fully saturated rings. The summed E-state index contributed by atoms with van der Waals surface area (Å²) in [4.78, 5) is 32.5. The van der Waals surface area contributed by atoms with Gasteiger partial charge in [0.25, 0.3) is 11.4 Å². The van der Waals surface area contributed by atoms with E-state index in [4.69, 9.17) is 9.26 Å². The molecule has 1 N–H and O–H groups in total. The summed E-state index contributed by atoms with van der Waals surface area (Å²) < 4.78 is 50.5. The molecule has 0 saturated carbocycles. The van der Waals surface area contributed by atoms with Crippen LogP contribution in [0, 0.1) is 0 Å². The number of nitrogens with one attached hydrogen (secondary N) is 1. The lowest BCUT2D eigenvalue weighted by Crippen LogP contribution is -2.35. The SMILES string of the molecule is COc1ccc(Cn2c(=O)[nH]c3cc(-c4nc(-c5cccc(C(F)(F)F)c5)no4)ccc3c2=O)cc1. The number of methoxy groups -OCH3 is 1. The molecular weight excluding hydrogens is 477 g/mol. The molecule has 5 rings (SSSR count). The quantitative estimate of drug-likeness (QED) is 0.387. The smallest absolute Gasteiger partial charge is 0.416 e. The number of hydrogen-bond donors (Lipinski definition) is 1. The van der Waals surface area contributed by atoms with E-state index >= 15 is 0 Å². The highest BCUT2D eigenvalue weighted by molar-refractivity contribution is 5.82. The third kappa shape index (κ3) is 4.38. The number of nitrogens with zero attached hydrogens (tertiary/aromatic N) is 3. The van der Waals surface area contributed by atoms with Crippen LogP contribution >= 0.6 is 0 Å². The average molecular weight is 494 g/mol. The van der Waals surface area contributed by atoms with Crippen molar-refractivity contribution in [1.29, 1.82) is 0 Å². The number of H-pyrrole nitrogens is 1. The Balaban J connectivity index is 1.47. The number of halogens is 3. The third-order valence-corrected chi connectivity index (χ3v) is 5.60. The van der Waals surface area contributed by atoms with Crippen LogP contribution < -0.4 is 16.0 Å². The highest BCUT2D eigenvalue weighted by Crippen LogP contribution is 2.32. The van der Waals surface area contributed by atoms with Crippen molar-refractivity contribution in [2.24, 2.45) is 0 Å². The molecule has 0 aliphatic carbocycles. The predicted octanol–water partition coefficient (Wildman–Crippen LogP) is 4.48. The lowest BCUT2D eigenvalue weighted by molar-refractivity contribution is -0.137. The first-order valence-electron chi connectivity index (χ1n) is 10.6. The van der Waals surface area contributed by atoms with Crippen LogP contribution in [0.15, 0.2) is 80.8 Å². The van der Waals surface area contributed by atoms with Crippen LogP contribution in [-0.2, 0) is 12.7 Å². The van der Waals surface area contributed by atoms with Gasteiger partial charge in [0.15, 0.2) is 0 Å². The fraction of sp³-hybridized carbons (Fsp3) is 0.120. The summed E-state index contributed by atoms with van der Waals surface area (Å²) in [5, 5.41) is 4.04. The first-order chi connectivity index (χ1) is 17.2. The Morgan fingerprint density at radius 1 is 1.00 bits per heavy atom. The zero-order valence-electron chi connectivity index (χ0n) is 18.7. The normalized spacial score (nSPS) is 11.7. The zero-order chi connectivity index (χ0) is 25.4. The van der Waals surface area contributed by atoms with Gasteiger partial charge in [-0.2, -0.15) is 18.2 Å². The second-order valence-electron chi connectivity index (χ2n) is 7.93. The van der Waals surface area contributed by atoms with Crippen LogP contribution in [-0.4, -0.2) is 26.8 Å². The standard InChI is InChI=1S/C25H17F3N4O4/c1-35-18-8-5-14(6-9-18)13-32-23(33)19-10-7-16(12-20(19)29-24(32)34)22-30-21(31-36-22)15-3-2-4-17(11-15)25(26,27)28/h2-12H,13H2,1H3,(H,29,34). The molecule has 11 heteroatoms. The number of aromatic amines is 1. The monoisotopic (exact) mass is 494 g/mol. The largest absolute Gasteiger partial charge is 0.497 e. The lowest BCUT2D eigenvalue weighted by Gasteiger charge is -2.08. The Hall–Kier alpha value is -4.67. The van der Waals surface area contributed by atoms with Crippen molar-refractivity contribution in [2.45, 2.75) is 12.7 Å². The van der Waals surface area contributed by atoms with Crippen LogP contribution in [0.25, 0.3) is 33.7 Å². The van der Waals surface area contributed by atoms with Gasteiger partial charge in [-0.3, -0.25) is 9.36 Å². The Morgan fingerprint density at radius 2 is 1.78 bits per heavy atom. The van der Waals surface area contributed by atoms with Crippen molar-refractivity contribution >= 4 is 10.9 Å². The maximum Gasteiger partial charge on any atom is 0.416 e. The minimum Gasteiger partial charge on any atom is -0.497 e. The van der Waals surface area contributed by atoms with Gasteiger partial charge in [-0.05, 0) is 48.0 Å². The summed E-state index contributed by atoms with van der Waals surface area (Å²) in [5.74, 6) is 0.649. The Bertz CT molecular complexity index is 1690. The molecule has 0 spiro atoms. The van der Waals surface area contributed by atoms with Crippen molar-refractivity contribution in [3.05, 3.63) is 98.7 Å². The maximum atomic E-state index is 13.0. The van der Waals surface area contributed by atoms with E-state index in [1.165, 1.54) is 24.3 Å². The molecule has 2 heterocycles. The molecule has 0 unspecified atom stereocenters. The van der Waals surface area contributed by atoms with Gasteiger partial charge in [0.2, 0.25) is 5.82 Å². The molecule has 0 radical (unpaired) electrons. The van der Waals surface area contributed by atoms with Crippen LogP contribution in [0.1, 0.15) is 11.1 Å². The average Bonchev–Trinajstić information content (AvgIpc) is 3.37. The fourth-order valence-corrected chi connectivity index (χ4v) is 3.74. The maximum absolute atomic E-state index is 13.0. The molecule has 182 valence electrons. The van der Waals surface area contributed by atoms with Crippen LogP contribution in [0.4, 0.5) is 13.2 Å². The molecular formula is C25H17F3N4O4. The molecule has 36 heavy (non-hydrogen) atoms. The number of hydrogen-bond acceptors (Lipinski definition) is 6. The fourth-order valence-electron chi connectivity index (χ4n) is 3.74. The van der Waals surface area contributed by atoms with Gasteiger partial charge in [-0.25, -0.2) is 4.79 Å². The van der Waals surface area contributed by atoms with Gasteiger partial charge >= 0.3 is 11.9 Å². The van der Waals surface area contributed by atoms with Crippen molar-refractivity contribution in [1.82, 2.24) is 19.7 Å². The van der Waals surface area contributed by atoms with Crippen molar-refractivity contribution in [3.63, 3.8) is 0 Å². The summed E-state index contributed by atoms with van der Waals surface area (Å²) >= 11 is 0. The third-order valence-electron chi connectivity index (χ3n) is 5.60. The van der Waals surface area contributed by atoms with Crippen molar-refractivity contribution in [2.75, 3.05) is 7.11 Å². The van der Waals surface area contributed by atoms with E-state index < -0.39 is 23.0 Å². The Morgan fingerprint density at radius 3 is 2.50 bits per heavy atom. The summed E-state index contributed by atoms with van der Waals surface area (Å²) in [5.41, 5.74) is -0.395. The van der Waals surface area contributed by atoms with E-state index in [1.54, 1.807) is 37.4 Å². The van der Waals surface area contributed by atoms with E-state index in [0.717, 1.165) is 22.3 Å². The molecule has 5 aromatic rings. The van der Waals surface area contributed by atoms with Crippen LogP contribution in [0.3, 0.4) is 0 Å². The molecule has 0 aliphatic heterocycles. The second-order valence-corrected chi connectivity index (χ2v) is 7.93. The Labute approximate surface area is 200 Å². The van der Waals surface area contributed by atoms with Crippen molar-refractivity contribution < 1.29 is 22.4 Å². The number of aromatic nitrogens is 4. The second kappa shape index (κ2) is 8.84. The first kappa shape index (κ1) is 23.1. The zero-order valence-corrected chi connectivity index (χ0v) is 18.7. The minimum atomic E-state index is -4.51. The van der Waals surface area contributed by atoms with Gasteiger partial charge in [0.05, 0.1) is 30.1 Å². The molecule has 0 amide bonds. The molecule has 0 atom stereocenters. The van der Waals surface area contributed by atoms with Gasteiger partial charge in [-0.15, -0.1) is 0 Å². The molecule has 0 saturated heterocycles. The first-order valence-corrected chi connectivity index (χ1v) is 10.6. The highest BCUT2D eigenvalue weighted by atomic mass is 19.4. The number of alkyl halides is 3. The van der Waals surface area contributed by atoms with E-state index in [0.29, 0.717) is 11.3 Å². The number of benzene rings is 3. The summed E-state index contributed by atoms with van der Waals surface area (Å²) in [6.07, 6.45) is -4.51. The molecule has 0 bridgehead atoms. The predicted molar refractivity (Wildman–Crippen MR) is 125 cm³/mol. The van der Waals surface area contributed by atoms with Gasteiger partial charge in [-0.1, -0.05) is 29.4 Å². The number of rotatable bonds is 5. The van der Waals surface area contributed by atoms with E-state index in [9.17, 15) is 22.8 Å². The molecule has 8 nitrogen and oxygen atoms in total. The van der Waals surface area contributed by atoms with Gasteiger partial charge in [0, 0.05) is 11.1 Å². The van der Waals surface area contributed by atoms with Crippen LogP contribution in [0.2, 0.25) is 0 Å². The van der Waals surface area contributed by atoms with Crippen LogP contribution in [0.5, 0.6) is 5.75 Å². The molecule has 3 aromatic carbocycles. The van der Waals surface area contributed by atoms with E-state index in [-0.39, 0.29) is 34.7 Å². The summed E-state index contributed by atoms with van der Waals surface area (Å²) in [6, 6.07) is 16.1. The number of fused-ring (bicyclic) bond motifs is 1. The lowest BCUT2D eigenvalue weighted by atomic mass is 10.1. The highest BCUT2D eigenvalue weighted by Gasteiger charge is 2.30. The molecule has 2 aromatic heterocycles. The minimum absolute atomic E-state index is 0.0209. The summed E-state index contributed by atoms with van der Waals surface area (Å²) in [6.45, 7) is 0.0693.